The number of benzene rings is 1. The predicted molar refractivity (Wildman–Crippen MR) is 69.8 cm³/mol. The summed E-state index contributed by atoms with van der Waals surface area (Å²) in [7, 11) is 0. The zero-order chi connectivity index (χ0) is 10.8. The van der Waals surface area contributed by atoms with Gasteiger partial charge in [0.25, 0.3) is 0 Å². The molecule has 0 radical (unpaired) electrons. The third-order valence-electron chi connectivity index (χ3n) is 2.56. The van der Waals surface area contributed by atoms with Crippen LogP contribution in [-0.2, 0) is 12.3 Å². The summed E-state index contributed by atoms with van der Waals surface area (Å²) in [5, 5.41) is 2.09. The molecule has 2 aromatic rings. The molecule has 0 N–H and O–H groups in total. The Labute approximate surface area is 99.4 Å². The van der Waals surface area contributed by atoms with E-state index in [1.165, 1.54) is 16.6 Å². The number of nitrogens with zero attached hydrogens (tertiary/aromatic N) is 1. The Bertz CT molecular complexity index is 476. The molecule has 0 atom stereocenters. The number of rotatable bonds is 3. The van der Waals surface area contributed by atoms with Crippen molar-refractivity contribution in [2.45, 2.75) is 19.2 Å². The maximum atomic E-state index is 6.02. The Morgan fingerprint density at radius 3 is 2.80 bits per heavy atom. The van der Waals surface area contributed by atoms with E-state index in [1.54, 1.807) is 0 Å². The van der Waals surface area contributed by atoms with Crippen LogP contribution < -0.4 is 0 Å². The van der Waals surface area contributed by atoms with Gasteiger partial charge in [0.2, 0.25) is 0 Å². The van der Waals surface area contributed by atoms with Gasteiger partial charge in [0.05, 0.1) is 0 Å². The highest BCUT2D eigenvalue weighted by Gasteiger charge is 2.06. The molecule has 0 fully saturated rings. The summed E-state index contributed by atoms with van der Waals surface area (Å²) in [4.78, 5) is 0. The predicted octanol–water partition coefficient (Wildman–Crippen LogP) is 4.18. The number of thioether (sulfide) groups is 1. The van der Waals surface area contributed by atoms with Crippen molar-refractivity contribution in [1.29, 1.82) is 0 Å². The summed E-state index contributed by atoms with van der Waals surface area (Å²) in [6.07, 6.45) is 2.13. The molecule has 1 heterocycles. The fourth-order valence-electron chi connectivity index (χ4n) is 1.93. The Hall–Kier alpha value is -0.600. The number of hydrogen-bond donors (Lipinski definition) is 0. The Morgan fingerprint density at radius 1 is 1.33 bits per heavy atom. The minimum atomic E-state index is 0.811. The van der Waals surface area contributed by atoms with E-state index in [-0.39, 0.29) is 0 Å². The molecule has 0 saturated heterocycles. The van der Waals surface area contributed by atoms with Crippen LogP contribution in [0.25, 0.3) is 10.9 Å². The maximum Gasteiger partial charge on any atom is 0.0497 e. The molecule has 3 heteroatoms. The molecule has 0 aliphatic heterocycles. The van der Waals surface area contributed by atoms with Crippen LogP contribution in [0.3, 0.4) is 0 Å². The number of aryl methyl sites for hydroxylation is 1. The van der Waals surface area contributed by atoms with Crippen molar-refractivity contribution in [3.63, 3.8) is 0 Å². The molecule has 0 aliphatic carbocycles. The molecule has 15 heavy (non-hydrogen) atoms. The highest BCUT2D eigenvalue weighted by atomic mass is 35.5. The van der Waals surface area contributed by atoms with Gasteiger partial charge in [0, 0.05) is 28.5 Å². The van der Waals surface area contributed by atoms with E-state index in [4.69, 9.17) is 11.6 Å². The molecule has 1 aromatic carbocycles. The van der Waals surface area contributed by atoms with Crippen LogP contribution in [-0.4, -0.2) is 10.8 Å². The molecule has 0 aliphatic rings. The van der Waals surface area contributed by atoms with Gasteiger partial charge in [-0.05, 0) is 36.8 Å². The highest BCUT2D eigenvalue weighted by Crippen LogP contribution is 2.25. The Balaban J connectivity index is 2.63. The normalized spacial score (nSPS) is 11.1. The van der Waals surface area contributed by atoms with Crippen molar-refractivity contribution >= 4 is 34.3 Å². The first-order valence-corrected chi connectivity index (χ1v) is 6.80. The minimum absolute atomic E-state index is 0.811. The largest absolute Gasteiger partial charge is 0.344 e. The molecule has 1 nitrogen and oxygen atoms in total. The van der Waals surface area contributed by atoms with Gasteiger partial charge in [-0.25, -0.2) is 0 Å². The summed E-state index contributed by atoms with van der Waals surface area (Å²) in [6, 6.07) is 8.34. The molecule has 1 aromatic heterocycles. The maximum absolute atomic E-state index is 6.02. The van der Waals surface area contributed by atoms with Crippen LogP contribution in [0.2, 0.25) is 5.02 Å². The van der Waals surface area contributed by atoms with E-state index in [9.17, 15) is 0 Å². The summed E-state index contributed by atoms with van der Waals surface area (Å²) in [5.74, 6) is 1.06. The van der Waals surface area contributed by atoms with Gasteiger partial charge >= 0.3 is 0 Å². The van der Waals surface area contributed by atoms with Crippen LogP contribution in [0.4, 0.5) is 0 Å². The summed E-state index contributed by atoms with van der Waals surface area (Å²) >= 11 is 7.87. The van der Waals surface area contributed by atoms with Gasteiger partial charge in [-0.1, -0.05) is 17.7 Å². The average Bonchev–Trinajstić information content (AvgIpc) is 2.55. The van der Waals surface area contributed by atoms with E-state index >= 15 is 0 Å². The van der Waals surface area contributed by atoms with Crippen LogP contribution in [0.5, 0.6) is 0 Å². The molecule has 80 valence electrons. The monoisotopic (exact) mass is 239 g/mol. The van der Waals surface area contributed by atoms with Crippen LogP contribution >= 0.6 is 23.4 Å². The second-order valence-electron chi connectivity index (χ2n) is 3.52. The van der Waals surface area contributed by atoms with Gasteiger partial charge in [0.1, 0.15) is 0 Å². The van der Waals surface area contributed by atoms with Crippen molar-refractivity contribution in [3.05, 3.63) is 35.0 Å². The van der Waals surface area contributed by atoms with Gasteiger partial charge in [-0.15, -0.1) is 0 Å². The quantitative estimate of drug-likeness (QED) is 0.778. The van der Waals surface area contributed by atoms with E-state index in [0.717, 1.165) is 17.3 Å². The molecule has 0 saturated carbocycles. The van der Waals surface area contributed by atoms with Gasteiger partial charge < -0.3 is 4.57 Å². The minimum Gasteiger partial charge on any atom is -0.344 e. The van der Waals surface area contributed by atoms with Gasteiger partial charge in [-0.3, -0.25) is 0 Å². The van der Waals surface area contributed by atoms with Crippen molar-refractivity contribution in [1.82, 2.24) is 4.57 Å². The lowest BCUT2D eigenvalue weighted by Crippen LogP contribution is -1.98. The SMILES string of the molecule is CCn1c(CSC)cc2ccc(Cl)cc21. The number of fused-ring (bicyclic) bond motifs is 1. The highest BCUT2D eigenvalue weighted by molar-refractivity contribution is 7.97. The number of halogens is 1. The van der Waals surface area contributed by atoms with Crippen LogP contribution in [0.1, 0.15) is 12.6 Å². The number of hydrogen-bond acceptors (Lipinski definition) is 1. The molecule has 2 rings (SSSR count). The molecule has 0 amide bonds. The zero-order valence-corrected chi connectivity index (χ0v) is 10.5. The van der Waals surface area contributed by atoms with Gasteiger partial charge in [-0.2, -0.15) is 11.8 Å². The summed E-state index contributed by atoms with van der Waals surface area (Å²) in [5.41, 5.74) is 2.62. The first-order chi connectivity index (χ1) is 7.26. The van der Waals surface area contributed by atoms with E-state index < -0.39 is 0 Å². The smallest absolute Gasteiger partial charge is 0.0497 e. The lowest BCUT2D eigenvalue weighted by molar-refractivity contribution is 0.766. The van der Waals surface area contributed by atoms with Gasteiger partial charge in [0.15, 0.2) is 0 Å². The summed E-state index contributed by atoms with van der Waals surface area (Å²) in [6.45, 7) is 3.17. The first-order valence-electron chi connectivity index (χ1n) is 5.03. The average molecular weight is 240 g/mol. The lowest BCUT2D eigenvalue weighted by Gasteiger charge is -2.06. The Morgan fingerprint density at radius 2 is 2.13 bits per heavy atom. The van der Waals surface area contributed by atoms with E-state index in [0.29, 0.717) is 0 Å². The van der Waals surface area contributed by atoms with Crippen molar-refractivity contribution in [2.75, 3.05) is 6.26 Å². The fraction of sp³-hybridized carbons (Fsp3) is 0.333. The van der Waals surface area contributed by atoms with Crippen molar-refractivity contribution in [3.8, 4) is 0 Å². The summed E-state index contributed by atoms with van der Waals surface area (Å²) < 4.78 is 2.33. The van der Waals surface area contributed by atoms with Crippen molar-refractivity contribution in [2.24, 2.45) is 0 Å². The standard InChI is InChI=1S/C12H14ClNS/c1-3-14-11(8-15-2)6-9-4-5-10(13)7-12(9)14/h4-7H,3,8H2,1-2H3. The zero-order valence-electron chi connectivity index (χ0n) is 8.96. The second-order valence-corrected chi connectivity index (χ2v) is 4.82. The number of aromatic nitrogens is 1. The molecule has 0 spiro atoms. The molecular formula is C12H14ClNS. The fourth-order valence-corrected chi connectivity index (χ4v) is 2.63. The van der Waals surface area contributed by atoms with E-state index in [1.807, 2.05) is 23.9 Å². The first kappa shape index (κ1) is 10.9. The molecular weight excluding hydrogens is 226 g/mol. The molecule has 0 unspecified atom stereocenters. The third-order valence-corrected chi connectivity index (χ3v) is 3.38. The molecule has 0 bridgehead atoms. The third kappa shape index (κ3) is 2.01. The van der Waals surface area contributed by atoms with E-state index in [2.05, 4.69) is 29.9 Å². The Kier molecular flexibility index (Phi) is 3.27. The topological polar surface area (TPSA) is 4.93 Å². The van der Waals surface area contributed by atoms with Crippen LogP contribution in [0.15, 0.2) is 24.3 Å². The second kappa shape index (κ2) is 4.50. The van der Waals surface area contributed by atoms with Crippen molar-refractivity contribution < 1.29 is 0 Å². The van der Waals surface area contributed by atoms with Crippen LogP contribution in [0, 0.1) is 0 Å². The lowest BCUT2D eigenvalue weighted by atomic mass is 10.2.